The summed E-state index contributed by atoms with van der Waals surface area (Å²) in [7, 11) is 1.40. The number of thioether (sulfide) groups is 1. The molecule has 0 saturated carbocycles. The minimum absolute atomic E-state index is 0.303. The third-order valence-corrected chi connectivity index (χ3v) is 3.17. The van der Waals surface area contributed by atoms with Crippen LogP contribution in [-0.2, 0) is 14.9 Å². The van der Waals surface area contributed by atoms with Gasteiger partial charge in [0.2, 0.25) is 0 Å². The zero-order valence-corrected chi connectivity index (χ0v) is 11.6. The first-order valence-corrected chi connectivity index (χ1v) is 7.11. The third kappa shape index (κ3) is 3.12. The van der Waals surface area contributed by atoms with Crippen LogP contribution in [0.2, 0.25) is 0 Å². The van der Waals surface area contributed by atoms with Gasteiger partial charge in [0.05, 0.1) is 12.7 Å². The summed E-state index contributed by atoms with van der Waals surface area (Å²) < 4.78 is 4.78. The molecule has 0 amide bonds. The topological polar surface area (TPSA) is 26.3 Å². The first kappa shape index (κ1) is 13.3. The van der Waals surface area contributed by atoms with Crippen molar-refractivity contribution < 1.29 is 9.53 Å². The van der Waals surface area contributed by atoms with Gasteiger partial charge in [-0.15, -0.1) is 11.8 Å². The second kappa shape index (κ2) is 6.76. The minimum atomic E-state index is -0.303. The second-order valence-corrected chi connectivity index (χ2v) is 4.32. The fraction of sp³-hybridized carbons (Fsp3) is 0.250. The van der Waals surface area contributed by atoms with E-state index in [0.29, 0.717) is 10.9 Å². The monoisotopic (exact) mass is 300 g/mol. The van der Waals surface area contributed by atoms with Crippen LogP contribution >= 0.6 is 27.7 Å². The van der Waals surface area contributed by atoms with Gasteiger partial charge in [0, 0.05) is 5.33 Å². The van der Waals surface area contributed by atoms with Crippen molar-refractivity contribution in [3.05, 3.63) is 40.8 Å². The van der Waals surface area contributed by atoms with Gasteiger partial charge >= 0.3 is 5.97 Å². The number of benzene rings is 1. The van der Waals surface area contributed by atoms with Crippen LogP contribution in [0.5, 0.6) is 0 Å². The van der Waals surface area contributed by atoms with E-state index in [1.54, 1.807) is 0 Å². The van der Waals surface area contributed by atoms with Crippen LogP contribution in [-0.4, -0.2) is 19.3 Å². The SMILES string of the molecule is COC(=O)C(=CSC)c1ccccc1CBr. The van der Waals surface area contributed by atoms with Crippen molar-refractivity contribution in [1.82, 2.24) is 0 Å². The smallest absolute Gasteiger partial charge is 0.338 e. The van der Waals surface area contributed by atoms with E-state index in [1.807, 2.05) is 35.9 Å². The summed E-state index contributed by atoms with van der Waals surface area (Å²) in [5, 5.41) is 2.53. The third-order valence-electron chi connectivity index (χ3n) is 2.09. The summed E-state index contributed by atoms with van der Waals surface area (Å²) in [6.07, 6.45) is 1.92. The molecule has 1 aromatic carbocycles. The van der Waals surface area contributed by atoms with Gasteiger partial charge in [0.1, 0.15) is 0 Å². The average molecular weight is 301 g/mol. The quantitative estimate of drug-likeness (QED) is 0.484. The molecule has 0 N–H and O–H groups in total. The van der Waals surface area contributed by atoms with Gasteiger partial charge in [0.25, 0.3) is 0 Å². The lowest BCUT2D eigenvalue weighted by atomic mass is 10.0. The number of methoxy groups -OCH3 is 1. The number of hydrogen-bond donors (Lipinski definition) is 0. The number of alkyl halides is 1. The molecule has 86 valence electrons. The number of carbonyl (C=O) groups excluding carboxylic acids is 1. The zero-order chi connectivity index (χ0) is 12.0. The highest BCUT2D eigenvalue weighted by Crippen LogP contribution is 2.24. The van der Waals surface area contributed by atoms with E-state index in [-0.39, 0.29) is 5.97 Å². The van der Waals surface area contributed by atoms with Gasteiger partial charge in [-0.2, -0.15) is 0 Å². The van der Waals surface area contributed by atoms with Gasteiger partial charge in [-0.05, 0) is 22.8 Å². The van der Waals surface area contributed by atoms with E-state index in [4.69, 9.17) is 4.74 Å². The highest BCUT2D eigenvalue weighted by atomic mass is 79.9. The van der Waals surface area contributed by atoms with E-state index in [0.717, 1.165) is 11.1 Å². The maximum atomic E-state index is 11.7. The minimum Gasteiger partial charge on any atom is -0.465 e. The Balaban J connectivity index is 3.21. The molecule has 0 aliphatic carbocycles. The van der Waals surface area contributed by atoms with Crippen molar-refractivity contribution in [3.8, 4) is 0 Å². The molecule has 0 fully saturated rings. The van der Waals surface area contributed by atoms with Gasteiger partial charge < -0.3 is 4.74 Å². The zero-order valence-electron chi connectivity index (χ0n) is 9.20. The number of hydrogen-bond acceptors (Lipinski definition) is 3. The Hall–Kier alpha value is -0.740. The van der Waals surface area contributed by atoms with Crippen molar-refractivity contribution in [2.75, 3.05) is 13.4 Å². The largest absolute Gasteiger partial charge is 0.465 e. The van der Waals surface area contributed by atoms with Gasteiger partial charge in [-0.3, -0.25) is 0 Å². The van der Waals surface area contributed by atoms with Crippen molar-refractivity contribution in [3.63, 3.8) is 0 Å². The predicted molar refractivity (Wildman–Crippen MR) is 72.6 cm³/mol. The molecule has 0 aliphatic heterocycles. The van der Waals surface area contributed by atoms with E-state index in [9.17, 15) is 4.79 Å². The number of carbonyl (C=O) groups is 1. The Morgan fingerprint density at radius 1 is 1.50 bits per heavy atom. The van der Waals surface area contributed by atoms with Crippen molar-refractivity contribution in [2.24, 2.45) is 0 Å². The summed E-state index contributed by atoms with van der Waals surface area (Å²) in [5.41, 5.74) is 2.60. The Kier molecular flexibility index (Phi) is 5.63. The molecular weight excluding hydrogens is 288 g/mol. The molecule has 1 rings (SSSR count). The summed E-state index contributed by atoms with van der Waals surface area (Å²) in [6.45, 7) is 0. The molecule has 0 atom stereocenters. The van der Waals surface area contributed by atoms with E-state index in [1.165, 1.54) is 18.9 Å². The molecule has 0 radical (unpaired) electrons. The Bertz CT molecular complexity index is 402. The number of rotatable bonds is 4. The molecule has 0 heterocycles. The van der Waals surface area contributed by atoms with E-state index >= 15 is 0 Å². The van der Waals surface area contributed by atoms with Gasteiger partial charge in [0.15, 0.2) is 0 Å². The summed E-state index contributed by atoms with van der Waals surface area (Å²) >= 11 is 4.90. The summed E-state index contributed by atoms with van der Waals surface area (Å²) in [6, 6.07) is 7.78. The summed E-state index contributed by atoms with van der Waals surface area (Å²) in [4.78, 5) is 11.7. The van der Waals surface area contributed by atoms with Crippen LogP contribution in [0.3, 0.4) is 0 Å². The fourth-order valence-electron chi connectivity index (χ4n) is 1.35. The lowest BCUT2D eigenvalue weighted by Gasteiger charge is -2.09. The van der Waals surface area contributed by atoms with E-state index < -0.39 is 0 Å². The van der Waals surface area contributed by atoms with Crippen LogP contribution in [0.25, 0.3) is 5.57 Å². The van der Waals surface area contributed by atoms with Crippen molar-refractivity contribution in [1.29, 1.82) is 0 Å². The molecule has 0 aliphatic rings. The Morgan fingerprint density at radius 3 is 2.75 bits per heavy atom. The molecule has 2 nitrogen and oxygen atoms in total. The molecular formula is C12H13BrO2S. The molecule has 16 heavy (non-hydrogen) atoms. The lowest BCUT2D eigenvalue weighted by molar-refractivity contribution is -0.133. The maximum Gasteiger partial charge on any atom is 0.338 e. The second-order valence-electron chi connectivity index (χ2n) is 3.05. The first-order chi connectivity index (χ1) is 7.74. The molecule has 0 spiro atoms. The summed E-state index contributed by atoms with van der Waals surface area (Å²) in [5.74, 6) is -0.303. The normalized spacial score (nSPS) is 11.3. The van der Waals surface area contributed by atoms with Crippen LogP contribution in [0.15, 0.2) is 29.7 Å². The number of halogens is 1. The number of ether oxygens (including phenoxy) is 1. The van der Waals surface area contributed by atoms with Crippen LogP contribution in [0, 0.1) is 0 Å². The lowest BCUT2D eigenvalue weighted by Crippen LogP contribution is -2.05. The fourth-order valence-corrected chi connectivity index (χ4v) is 2.30. The average Bonchev–Trinajstić information content (AvgIpc) is 2.35. The molecule has 0 unspecified atom stereocenters. The van der Waals surface area contributed by atoms with Crippen LogP contribution < -0.4 is 0 Å². The molecule has 0 aromatic heterocycles. The molecule has 0 saturated heterocycles. The van der Waals surface area contributed by atoms with Crippen LogP contribution in [0.4, 0.5) is 0 Å². The van der Waals surface area contributed by atoms with Crippen molar-refractivity contribution in [2.45, 2.75) is 5.33 Å². The predicted octanol–water partition coefficient (Wildman–Crippen LogP) is 3.46. The van der Waals surface area contributed by atoms with Gasteiger partial charge in [-0.1, -0.05) is 40.2 Å². The number of esters is 1. The highest BCUT2D eigenvalue weighted by molar-refractivity contribution is 9.08. The maximum absolute atomic E-state index is 11.7. The van der Waals surface area contributed by atoms with Crippen molar-refractivity contribution >= 4 is 39.2 Å². The first-order valence-electron chi connectivity index (χ1n) is 4.70. The Morgan fingerprint density at radius 2 is 2.19 bits per heavy atom. The molecule has 4 heteroatoms. The Labute approximate surface area is 108 Å². The standard InChI is InChI=1S/C12H13BrO2S/c1-15-12(14)11(8-16-2)10-6-4-3-5-9(10)7-13/h3-6,8H,7H2,1-2H3. The van der Waals surface area contributed by atoms with Gasteiger partial charge in [-0.25, -0.2) is 4.79 Å². The van der Waals surface area contributed by atoms with Crippen LogP contribution in [0.1, 0.15) is 11.1 Å². The van der Waals surface area contributed by atoms with E-state index in [2.05, 4.69) is 15.9 Å². The highest BCUT2D eigenvalue weighted by Gasteiger charge is 2.14. The molecule has 0 bridgehead atoms. The molecule has 1 aromatic rings.